The lowest BCUT2D eigenvalue weighted by atomic mass is 10.0. The summed E-state index contributed by atoms with van der Waals surface area (Å²) in [6.07, 6.45) is 3.90. The maximum atomic E-state index is 12.1. The van der Waals surface area contributed by atoms with Crippen molar-refractivity contribution in [2.45, 2.75) is 32.9 Å². The van der Waals surface area contributed by atoms with Gasteiger partial charge in [-0.15, -0.1) is 6.58 Å². The maximum Gasteiger partial charge on any atom is 0.262 e. The smallest absolute Gasteiger partial charge is 0.262 e. The lowest BCUT2D eigenvalue weighted by Gasteiger charge is -2.13. The maximum absolute atomic E-state index is 12.1. The molecule has 29 heavy (non-hydrogen) atoms. The van der Waals surface area contributed by atoms with Crippen LogP contribution in [0.1, 0.15) is 30.5 Å². The monoisotopic (exact) mass is 428 g/mol. The average molecular weight is 429 g/mol. The first-order valence-electron chi connectivity index (χ1n) is 9.07. The summed E-state index contributed by atoms with van der Waals surface area (Å²) in [7, 11) is 0. The van der Waals surface area contributed by atoms with Crippen LogP contribution in [0.25, 0.3) is 6.08 Å². The van der Waals surface area contributed by atoms with Crippen LogP contribution in [0.15, 0.2) is 54.6 Å². The molecule has 2 rings (SSSR count). The summed E-state index contributed by atoms with van der Waals surface area (Å²) in [5.74, 6) is 0.281. The number of nitriles is 1. The highest BCUT2D eigenvalue weighted by Crippen LogP contribution is 2.26. The van der Waals surface area contributed by atoms with E-state index < -0.39 is 5.91 Å². The van der Waals surface area contributed by atoms with Crippen LogP contribution in [0.5, 0.6) is 5.75 Å². The summed E-state index contributed by atoms with van der Waals surface area (Å²) >= 11 is 12.1. The van der Waals surface area contributed by atoms with E-state index in [4.69, 9.17) is 27.9 Å². The fourth-order valence-corrected chi connectivity index (χ4v) is 3.06. The van der Waals surface area contributed by atoms with Gasteiger partial charge >= 0.3 is 0 Å². The molecule has 1 N–H and O–H groups in total. The number of rotatable bonds is 8. The Morgan fingerprint density at radius 3 is 2.62 bits per heavy atom. The first-order chi connectivity index (χ1) is 13.8. The summed E-state index contributed by atoms with van der Waals surface area (Å²) < 4.78 is 5.94. The second-order valence-corrected chi connectivity index (χ2v) is 7.53. The number of nitrogens with one attached hydrogen (secondary N) is 1. The number of ether oxygens (including phenoxy) is 1. The van der Waals surface area contributed by atoms with Gasteiger partial charge < -0.3 is 10.1 Å². The van der Waals surface area contributed by atoms with Crippen molar-refractivity contribution in [2.24, 2.45) is 0 Å². The van der Waals surface area contributed by atoms with E-state index in [1.807, 2.05) is 38.1 Å². The molecular weight excluding hydrogens is 407 g/mol. The number of amides is 1. The lowest BCUT2D eigenvalue weighted by molar-refractivity contribution is -0.117. The van der Waals surface area contributed by atoms with E-state index in [0.29, 0.717) is 22.2 Å². The number of benzene rings is 2. The predicted octanol–water partition coefficient (Wildman–Crippen LogP) is 5.73. The standard InChI is InChI=1S/C23H22Cl2N2O2/c1-4-5-17-10-16(11-19(13-26)23(28)27-15(2)3)6-9-22(17)29-14-18-7-8-20(24)12-21(18)25/h4,6-12,15H,1,5,14H2,2-3H3,(H,27,28)/b19-11-. The second kappa shape index (κ2) is 10.7. The third-order valence-corrected chi connectivity index (χ3v) is 4.53. The van der Waals surface area contributed by atoms with Gasteiger partial charge in [0.05, 0.1) is 0 Å². The summed E-state index contributed by atoms with van der Waals surface area (Å²) in [6.45, 7) is 7.75. The van der Waals surface area contributed by atoms with Crippen molar-refractivity contribution in [3.8, 4) is 11.8 Å². The molecule has 0 atom stereocenters. The Bertz CT molecular complexity index is 975. The van der Waals surface area contributed by atoms with Crippen molar-refractivity contribution in [3.05, 3.63) is 81.4 Å². The summed E-state index contributed by atoms with van der Waals surface area (Å²) in [5.41, 5.74) is 2.49. The number of hydrogen-bond acceptors (Lipinski definition) is 3. The Kier molecular flexibility index (Phi) is 8.33. The van der Waals surface area contributed by atoms with Gasteiger partial charge in [-0.1, -0.05) is 41.4 Å². The van der Waals surface area contributed by atoms with Gasteiger partial charge in [-0.05, 0) is 61.7 Å². The normalized spacial score (nSPS) is 11.1. The van der Waals surface area contributed by atoms with Crippen LogP contribution in [0.3, 0.4) is 0 Å². The van der Waals surface area contributed by atoms with E-state index in [0.717, 1.165) is 16.7 Å². The molecule has 2 aromatic carbocycles. The summed E-state index contributed by atoms with van der Waals surface area (Å²) in [5, 5.41) is 13.1. The molecule has 0 spiro atoms. The fraction of sp³-hybridized carbons (Fsp3) is 0.217. The fourth-order valence-electron chi connectivity index (χ4n) is 2.59. The third kappa shape index (κ3) is 6.67. The van der Waals surface area contributed by atoms with E-state index in [1.54, 1.807) is 30.4 Å². The zero-order chi connectivity index (χ0) is 21.4. The summed E-state index contributed by atoms with van der Waals surface area (Å²) in [6, 6.07) is 12.6. The lowest BCUT2D eigenvalue weighted by Crippen LogP contribution is -2.30. The third-order valence-electron chi connectivity index (χ3n) is 3.94. The molecule has 0 unspecified atom stereocenters. The van der Waals surface area contributed by atoms with Crippen LogP contribution < -0.4 is 10.1 Å². The minimum absolute atomic E-state index is 0.0462. The van der Waals surface area contributed by atoms with E-state index in [2.05, 4.69) is 11.9 Å². The Morgan fingerprint density at radius 2 is 2.00 bits per heavy atom. The van der Waals surface area contributed by atoms with Gasteiger partial charge in [-0.2, -0.15) is 5.26 Å². The molecular formula is C23H22Cl2N2O2. The van der Waals surface area contributed by atoms with E-state index in [-0.39, 0.29) is 18.2 Å². The highest BCUT2D eigenvalue weighted by atomic mass is 35.5. The van der Waals surface area contributed by atoms with E-state index >= 15 is 0 Å². The van der Waals surface area contributed by atoms with Gasteiger partial charge in [0.15, 0.2) is 0 Å². The number of halogens is 2. The molecule has 4 nitrogen and oxygen atoms in total. The van der Waals surface area contributed by atoms with Crippen LogP contribution in [-0.2, 0) is 17.8 Å². The van der Waals surface area contributed by atoms with Crippen molar-refractivity contribution in [1.29, 1.82) is 5.26 Å². The number of nitrogens with zero attached hydrogens (tertiary/aromatic N) is 1. The first-order valence-corrected chi connectivity index (χ1v) is 9.82. The van der Waals surface area contributed by atoms with Crippen LogP contribution in [-0.4, -0.2) is 11.9 Å². The SMILES string of the molecule is C=CCc1cc(/C=C(/C#N)C(=O)NC(C)C)ccc1OCc1ccc(Cl)cc1Cl. The van der Waals surface area contributed by atoms with Crippen molar-refractivity contribution in [1.82, 2.24) is 5.32 Å². The van der Waals surface area contributed by atoms with Gasteiger partial charge in [-0.25, -0.2) is 0 Å². The van der Waals surface area contributed by atoms with Crippen molar-refractivity contribution in [2.75, 3.05) is 0 Å². The Morgan fingerprint density at radius 1 is 1.24 bits per heavy atom. The van der Waals surface area contributed by atoms with Crippen molar-refractivity contribution < 1.29 is 9.53 Å². The Balaban J connectivity index is 2.25. The number of hydrogen-bond donors (Lipinski definition) is 1. The van der Waals surface area contributed by atoms with Crippen LogP contribution >= 0.6 is 23.2 Å². The quantitative estimate of drug-likeness (QED) is 0.331. The molecule has 1 amide bonds. The number of allylic oxidation sites excluding steroid dienone is 1. The Hall–Kier alpha value is -2.74. The molecule has 6 heteroatoms. The minimum atomic E-state index is -0.398. The van der Waals surface area contributed by atoms with Gasteiger partial charge in [0.1, 0.15) is 24.0 Å². The molecule has 0 fully saturated rings. The molecule has 0 radical (unpaired) electrons. The van der Waals surface area contributed by atoms with Gasteiger partial charge in [0.25, 0.3) is 5.91 Å². The van der Waals surface area contributed by atoms with Crippen LogP contribution in [0, 0.1) is 11.3 Å². The molecule has 0 aromatic heterocycles. The highest BCUT2D eigenvalue weighted by Gasteiger charge is 2.11. The molecule has 150 valence electrons. The van der Waals surface area contributed by atoms with E-state index in [9.17, 15) is 10.1 Å². The molecule has 0 saturated heterocycles. The largest absolute Gasteiger partial charge is 0.489 e. The van der Waals surface area contributed by atoms with E-state index in [1.165, 1.54) is 0 Å². The average Bonchev–Trinajstić information content (AvgIpc) is 2.66. The van der Waals surface area contributed by atoms with Gasteiger partial charge in [0.2, 0.25) is 0 Å². The van der Waals surface area contributed by atoms with Crippen molar-refractivity contribution >= 4 is 35.2 Å². The molecule has 2 aromatic rings. The topological polar surface area (TPSA) is 62.1 Å². The molecule has 0 aliphatic heterocycles. The first kappa shape index (κ1) is 22.5. The molecule has 0 aliphatic rings. The van der Waals surface area contributed by atoms with Gasteiger partial charge in [-0.3, -0.25) is 4.79 Å². The molecule has 0 aliphatic carbocycles. The number of carbonyl (C=O) groups is 1. The molecule has 0 saturated carbocycles. The Labute approximate surface area is 181 Å². The van der Waals surface area contributed by atoms with Crippen LogP contribution in [0.4, 0.5) is 0 Å². The zero-order valence-corrected chi connectivity index (χ0v) is 17.8. The summed E-state index contributed by atoms with van der Waals surface area (Å²) in [4.78, 5) is 12.1. The second-order valence-electron chi connectivity index (χ2n) is 6.68. The van der Waals surface area contributed by atoms with Crippen LogP contribution in [0.2, 0.25) is 10.0 Å². The number of carbonyl (C=O) groups excluding carboxylic acids is 1. The van der Waals surface area contributed by atoms with Crippen molar-refractivity contribution in [3.63, 3.8) is 0 Å². The predicted molar refractivity (Wildman–Crippen MR) is 118 cm³/mol. The zero-order valence-electron chi connectivity index (χ0n) is 16.3. The molecule has 0 bridgehead atoms. The van der Waals surface area contributed by atoms with Gasteiger partial charge in [0, 0.05) is 21.7 Å². The highest BCUT2D eigenvalue weighted by molar-refractivity contribution is 6.35. The minimum Gasteiger partial charge on any atom is -0.489 e. The molecule has 0 heterocycles.